The Morgan fingerprint density at radius 1 is 0.900 bits per heavy atom. The molecule has 6 heteroatoms. The standard InChI is InChI=1S/C14H10Cl2F3N/c1-20-14(8-4-7(17)2-3-10(8)15)9-5-13(19)11(16)6-12(9)18/h2-6,14,20H,1H3. The van der Waals surface area contributed by atoms with Gasteiger partial charge in [0.2, 0.25) is 0 Å². The molecule has 1 N–H and O–H groups in total. The number of nitrogens with one attached hydrogen (secondary N) is 1. The van der Waals surface area contributed by atoms with Gasteiger partial charge in [-0.2, -0.15) is 0 Å². The lowest BCUT2D eigenvalue weighted by Crippen LogP contribution is -2.20. The molecule has 2 aromatic rings. The molecule has 0 bridgehead atoms. The normalized spacial score (nSPS) is 12.5. The lowest BCUT2D eigenvalue weighted by Gasteiger charge is -2.19. The highest BCUT2D eigenvalue weighted by molar-refractivity contribution is 6.31. The second kappa shape index (κ2) is 6.04. The summed E-state index contributed by atoms with van der Waals surface area (Å²) in [7, 11) is 1.54. The predicted octanol–water partition coefficient (Wildman–Crippen LogP) is 4.72. The first kappa shape index (κ1) is 15.2. The van der Waals surface area contributed by atoms with Gasteiger partial charge < -0.3 is 5.32 Å². The molecule has 0 radical (unpaired) electrons. The van der Waals surface area contributed by atoms with Crippen LogP contribution in [0.1, 0.15) is 17.2 Å². The smallest absolute Gasteiger partial charge is 0.142 e. The Balaban J connectivity index is 2.58. The van der Waals surface area contributed by atoms with Gasteiger partial charge >= 0.3 is 0 Å². The average molecular weight is 320 g/mol. The molecule has 0 aliphatic heterocycles. The minimum Gasteiger partial charge on any atom is -0.309 e. The molecule has 1 nitrogen and oxygen atoms in total. The van der Waals surface area contributed by atoms with Crippen LogP contribution in [0.15, 0.2) is 30.3 Å². The molecule has 0 saturated carbocycles. The van der Waals surface area contributed by atoms with Crippen LogP contribution >= 0.6 is 23.2 Å². The van der Waals surface area contributed by atoms with Crippen LogP contribution in [-0.2, 0) is 0 Å². The van der Waals surface area contributed by atoms with E-state index in [9.17, 15) is 13.2 Å². The lowest BCUT2D eigenvalue weighted by molar-refractivity contribution is 0.555. The lowest BCUT2D eigenvalue weighted by atomic mass is 9.98. The number of benzene rings is 2. The molecule has 0 aliphatic rings. The zero-order valence-electron chi connectivity index (χ0n) is 10.4. The third-order valence-electron chi connectivity index (χ3n) is 2.91. The maximum absolute atomic E-state index is 14.0. The van der Waals surface area contributed by atoms with Crippen LogP contribution in [0.3, 0.4) is 0 Å². The van der Waals surface area contributed by atoms with E-state index < -0.39 is 23.5 Å². The summed E-state index contributed by atoms with van der Waals surface area (Å²) in [5.74, 6) is -1.97. The molecule has 0 aromatic heterocycles. The Hall–Kier alpha value is -1.23. The van der Waals surface area contributed by atoms with Gasteiger partial charge in [0.05, 0.1) is 11.1 Å². The van der Waals surface area contributed by atoms with Gasteiger partial charge in [0.1, 0.15) is 17.5 Å². The summed E-state index contributed by atoms with van der Waals surface area (Å²) in [6, 6.07) is 4.79. The molecule has 0 fully saturated rings. The third kappa shape index (κ3) is 2.92. The first-order valence-corrected chi connectivity index (χ1v) is 6.46. The van der Waals surface area contributed by atoms with Crippen LogP contribution < -0.4 is 5.32 Å². The van der Waals surface area contributed by atoms with Crippen molar-refractivity contribution in [2.75, 3.05) is 7.05 Å². The van der Waals surface area contributed by atoms with Gasteiger partial charge in [-0.05, 0) is 42.9 Å². The fraction of sp³-hybridized carbons (Fsp3) is 0.143. The molecule has 1 unspecified atom stereocenters. The molecule has 0 aliphatic carbocycles. The fourth-order valence-corrected chi connectivity index (χ4v) is 2.35. The molecule has 1 atom stereocenters. The molecular weight excluding hydrogens is 310 g/mol. The van der Waals surface area contributed by atoms with Crippen molar-refractivity contribution < 1.29 is 13.2 Å². The summed E-state index contributed by atoms with van der Waals surface area (Å²) in [6.45, 7) is 0. The first-order valence-electron chi connectivity index (χ1n) is 5.70. The monoisotopic (exact) mass is 319 g/mol. The van der Waals surface area contributed by atoms with E-state index in [1.54, 1.807) is 0 Å². The van der Waals surface area contributed by atoms with Crippen molar-refractivity contribution in [3.05, 3.63) is 69.0 Å². The Kier molecular flexibility index (Phi) is 4.58. The Morgan fingerprint density at radius 2 is 1.60 bits per heavy atom. The van der Waals surface area contributed by atoms with Gasteiger partial charge in [-0.15, -0.1) is 0 Å². The molecule has 0 saturated heterocycles. The van der Waals surface area contributed by atoms with E-state index in [1.165, 1.54) is 25.2 Å². The van der Waals surface area contributed by atoms with E-state index in [2.05, 4.69) is 5.32 Å². The predicted molar refractivity (Wildman–Crippen MR) is 73.7 cm³/mol. The van der Waals surface area contributed by atoms with Gasteiger partial charge in [-0.3, -0.25) is 0 Å². The number of hydrogen-bond acceptors (Lipinski definition) is 1. The first-order chi connectivity index (χ1) is 9.43. The van der Waals surface area contributed by atoms with E-state index in [4.69, 9.17) is 23.2 Å². The largest absolute Gasteiger partial charge is 0.309 e. The van der Waals surface area contributed by atoms with Crippen molar-refractivity contribution in [1.82, 2.24) is 5.32 Å². The summed E-state index contributed by atoms with van der Waals surface area (Å²) in [6.07, 6.45) is 0. The van der Waals surface area contributed by atoms with E-state index in [0.29, 0.717) is 5.56 Å². The summed E-state index contributed by atoms with van der Waals surface area (Å²) in [4.78, 5) is 0. The fourth-order valence-electron chi connectivity index (χ4n) is 1.97. The van der Waals surface area contributed by atoms with Gasteiger partial charge in [0.25, 0.3) is 0 Å². The van der Waals surface area contributed by atoms with Crippen molar-refractivity contribution in [3.63, 3.8) is 0 Å². The highest BCUT2D eigenvalue weighted by Gasteiger charge is 2.21. The molecular formula is C14H10Cl2F3N. The number of rotatable bonds is 3. The van der Waals surface area contributed by atoms with E-state index in [1.807, 2.05) is 0 Å². The molecule has 2 rings (SSSR count). The second-order valence-corrected chi connectivity index (χ2v) is 4.99. The summed E-state index contributed by atoms with van der Waals surface area (Å²) < 4.78 is 40.8. The minimum atomic E-state index is -0.787. The van der Waals surface area contributed by atoms with Gasteiger partial charge in [-0.25, -0.2) is 13.2 Å². The molecule has 20 heavy (non-hydrogen) atoms. The minimum absolute atomic E-state index is 0.00176. The van der Waals surface area contributed by atoms with Crippen molar-refractivity contribution >= 4 is 23.2 Å². The number of halogens is 5. The van der Waals surface area contributed by atoms with E-state index >= 15 is 0 Å². The van der Waals surface area contributed by atoms with Crippen molar-refractivity contribution in [2.24, 2.45) is 0 Å². The Labute approximate surface area is 124 Å². The molecule has 0 heterocycles. The second-order valence-electron chi connectivity index (χ2n) is 4.18. The zero-order chi connectivity index (χ0) is 14.9. The SMILES string of the molecule is CNC(c1cc(F)c(Cl)cc1F)c1cc(F)ccc1Cl. The van der Waals surface area contributed by atoms with E-state index in [-0.39, 0.29) is 15.6 Å². The van der Waals surface area contributed by atoms with Crippen molar-refractivity contribution in [2.45, 2.75) is 6.04 Å². The maximum Gasteiger partial charge on any atom is 0.142 e. The van der Waals surface area contributed by atoms with Gasteiger partial charge in [0, 0.05) is 10.6 Å². The van der Waals surface area contributed by atoms with Crippen LogP contribution in [0.4, 0.5) is 13.2 Å². The summed E-state index contributed by atoms with van der Waals surface area (Å²) in [5.41, 5.74) is 0.316. The average Bonchev–Trinajstić information content (AvgIpc) is 2.40. The van der Waals surface area contributed by atoms with Crippen LogP contribution in [0.25, 0.3) is 0 Å². The summed E-state index contributed by atoms with van der Waals surface area (Å²) >= 11 is 11.5. The summed E-state index contributed by atoms with van der Waals surface area (Å²) in [5, 5.41) is 2.73. The van der Waals surface area contributed by atoms with Crippen LogP contribution in [0.2, 0.25) is 10.0 Å². The maximum atomic E-state index is 14.0. The number of hydrogen-bond donors (Lipinski definition) is 1. The third-order valence-corrected chi connectivity index (χ3v) is 3.54. The van der Waals surface area contributed by atoms with Crippen molar-refractivity contribution in [3.8, 4) is 0 Å². The topological polar surface area (TPSA) is 12.0 Å². The highest BCUT2D eigenvalue weighted by Crippen LogP contribution is 2.32. The van der Waals surface area contributed by atoms with E-state index in [0.717, 1.165) is 12.1 Å². The van der Waals surface area contributed by atoms with Gasteiger partial charge in [-0.1, -0.05) is 23.2 Å². The molecule has 106 valence electrons. The Bertz CT molecular complexity index is 647. The molecule has 2 aromatic carbocycles. The molecule has 0 amide bonds. The van der Waals surface area contributed by atoms with Crippen LogP contribution in [0.5, 0.6) is 0 Å². The van der Waals surface area contributed by atoms with Crippen LogP contribution in [-0.4, -0.2) is 7.05 Å². The van der Waals surface area contributed by atoms with Crippen molar-refractivity contribution in [1.29, 1.82) is 0 Å². The van der Waals surface area contributed by atoms with Crippen LogP contribution in [0, 0.1) is 17.5 Å². The highest BCUT2D eigenvalue weighted by atomic mass is 35.5. The molecule has 0 spiro atoms. The quantitative estimate of drug-likeness (QED) is 0.807. The Morgan fingerprint density at radius 3 is 2.25 bits per heavy atom. The van der Waals surface area contributed by atoms with Gasteiger partial charge in [0.15, 0.2) is 0 Å². The zero-order valence-corrected chi connectivity index (χ0v) is 11.9.